The molecule has 0 aromatic heterocycles. The van der Waals surface area contributed by atoms with Gasteiger partial charge in [0.05, 0.1) is 124 Å². The van der Waals surface area contributed by atoms with Gasteiger partial charge in [-0.3, -0.25) is 52.5 Å². The van der Waals surface area contributed by atoms with E-state index >= 15 is 0 Å². The number of aliphatic hydroxyl groups excluding tert-OH is 13. The summed E-state index contributed by atoms with van der Waals surface area (Å²) in [5.74, 6) is -9.22. The van der Waals surface area contributed by atoms with Crippen LogP contribution in [0.25, 0.3) is 0 Å². The molecule has 21 N–H and O–H groups in total. The first kappa shape index (κ1) is 109. The lowest BCUT2D eigenvalue weighted by atomic mass is 9.69. The molecular weight excluding hydrogens is 1680 g/mol. The highest BCUT2D eigenvalue weighted by atomic mass is 31.2. The summed E-state index contributed by atoms with van der Waals surface area (Å²) in [5, 5.41) is 148. The monoisotopic (exact) mass is 1810 g/mol. The second-order valence-electron chi connectivity index (χ2n) is 32.2. The van der Waals surface area contributed by atoms with E-state index in [2.05, 4.69) is 31.9 Å². The zero-order valence-corrected chi connectivity index (χ0v) is 72.0. The average molecular weight is 1810 g/mol. The fraction of sp³-hybridized carbons (Fsp3) is 0.870. The normalized spacial score (nSPS) is 30.3. The van der Waals surface area contributed by atoms with Gasteiger partial charge in [-0.25, -0.2) is 4.57 Å². The minimum absolute atomic E-state index is 0.0172. The molecule has 4 unspecified atom stereocenters. The summed E-state index contributed by atoms with van der Waals surface area (Å²) in [6.45, 7) is 3.64. The van der Waals surface area contributed by atoms with Crippen LogP contribution >= 0.6 is 7.82 Å². The number of hydrogen-bond acceptors (Lipinski definition) is 37. The van der Waals surface area contributed by atoms with E-state index in [4.69, 9.17) is 61.4 Å². The van der Waals surface area contributed by atoms with Gasteiger partial charge in [0.15, 0.2) is 30.9 Å². The van der Waals surface area contributed by atoms with Crippen LogP contribution in [0.4, 0.5) is 0 Å². The average Bonchev–Trinajstić information content (AvgIpc) is 1.61. The maximum atomic E-state index is 14.9. The lowest BCUT2D eigenvalue weighted by Crippen LogP contribution is -2.64. The van der Waals surface area contributed by atoms with Gasteiger partial charge in [-0.2, -0.15) is 0 Å². The fourth-order valence-electron chi connectivity index (χ4n) is 14.6. The van der Waals surface area contributed by atoms with Crippen LogP contribution in [0.15, 0.2) is 0 Å². The third-order valence-electron chi connectivity index (χ3n) is 22.4. The quantitative estimate of drug-likeness (QED) is 0.0199. The Morgan fingerprint density at radius 1 is 0.444 bits per heavy atom. The van der Waals surface area contributed by atoms with Crippen LogP contribution in [0.3, 0.4) is 0 Å². The SMILES string of the molecule is CC(=O)N[C@H]1C(OCCOCCCC(=O)[C@H](CCC(=O)NCCOCCOC2O[C@H](CO)[C@H](O)[C@H](O)[C@H]2NC(C)=O)NC(=O)CC[C@H](CC(=O)CCCC(=O)N2C[C@](C)(CO)[C@](C)(COP(=O)(O)O)C2)C(=O)N[C@@H](CCC(=O)CCCOCCOC2O[C@H](CO)[C@H](O)[C@H](O)[C@H]2C)C(=O)NCCOCCOC2O[C@H](CO)[C@H](O)[C@H](O)[C@H]2C)O[C@H](CO)[C@H](O)[C@@H]1O. The molecular formula is C77H134N7O39P. The van der Waals surface area contributed by atoms with E-state index in [9.17, 15) is 129 Å². The maximum absolute atomic E-state index is 14.9. The second kappa shape index (κ2) is 55.4. The van der Waals surface area contributed by atoms with Crippen molar-refractivity contribution in [3.63, 3.8) is 0 Å². The third kappa shape index (κ3) is 35.7. The molecule has 5 rings (SSSR count). The molecule has 5 fully saturated rings. The number of Topliss-reactive ketones (excluding diaryl/α,β-unsaturated/α-hetero) is 3. The van der Waals surface area contributed by atoms with Crippen molar-refractivity contribution in [2.75, 3.05) is 145 Å². The molecule has 46 nitrogen and oxygen atoms in total. The number of carbonyl (C=O) groups excluding carboxylic acids is 10. The maximum Gasteiger partial charge on any atom is 0.469 e. The molecule has 5 aliphatic heterocycles. The van der Waals surface area contributed by atoms with Gasteiger partial charge in [0.25, 0.3) is 0 Å². The van der Waals surface area contributed by atoms with Crippen molar-refractivity contribution in [1.82, 2.24) is 36.8 Å². The Labute approximate surface area is 718 Å². The number of nitrogens with zero attached hydrogens (tertiary/aromatic N) is 1. The van der Waals surface area contributed by atoms with Gasteiger partial charge < -0.3 is 170 Å². The molecule has 0 aromatic carbocycles. The fourth-order valence-corrected chi connectivity index (χ4v) is 15.0. The number of nitrogens with one attached hydrogen (secondary N) is 6. The predicted molar refractivity (Wildman–Crippen MR) is 423 cm³/mol. The van der Waals surface area contributed by atoms with Crippen LogP contribution in [0, 0.1) is 28.6 Å². The molecule has 0 aromatic rings. The summed E-state index contributed by atoms with van der Waals surface area (Å²) in [4.78, 5) is 157. The third-order valence-corrected chi connectivity index (χ3v) is 22.9. The molecule has 25 atom stereocenters. The summed E-state index contributed by atoms with van der Waals surface area (Å²) >= 11 is 0. The Kier molecular flexibility index (Phi) is 48.7. The molecule has 0 radical (unpaired) electrons. The molecule has 7 amide bonds. The van der Waals surface area contributed by atoms with E-state index in [1.165, 1.54) is 11.8 Å². The number of amides is 7. The lowest BCUT2D eigenvalue weighted by molar-refractivity contribution is -0.284. The van der Waals surface area contributed by atoms with Crippen molar-refractivity contribution in [1.29, 1.82) is 0 Å². The van der Waals surface area contributed by atoms with Gasteiger partial charge in [0, 0.05) is 133 Å². The molecule has 0 spiro atoms. The van der Waals surface area contributed by atoms with E-state index in [0.29, 0.717) is 0 Å². The molecule has 0 aliphatic carbocycles. The summed E-state index contributed by atoms with van der Waals surface area (Å²) in [5.41, 5.74) is -2.22. The van der Waals surface area contributed by atoms with Crippen LogP contribution in [0.2, 0.25) is 0 Å². The zero-order valence-electron chi connectivity index (χ0n) is 71.1. The number of phosphoric ester groups is 1. The van der Waals surface area contributed by atoms with Crippen LogP contribution in [-0.4, -0.2) is 407 Å². The molecule has 0 saturated carbocycles. The largest absolute Gasteiger partial charge is 0.469 e. The van der Waals surface area contributed by atoms with Crippen molar-refractivity contribution < 1.29 is 190 Å². The summed E-state index contributed by atoms with van der Waals surface area (Å²) in [6, 6.07) is -5.33. The molecule has 5 heterocycles. The molecule has 5 saturated heterocycles. The van der Waals surface area contributed by atoms with E-state index in [1.54, 1.807) is 27.7 Å². The number of ketones is 3. The van der Waals surface area contributed by atoms with Gasteiger partial charge in [-0.1, -0.05) is 27.7 Å². The highest BCUT2D eigenvalue weighted by Crippen LogP contribution is 2.49. The van der Waals surface area contributed by atoms with Crippen molar-refractivity contribution in [3.05, 3.63) is 0 Å². The van der Waals surface area contributed by atoms with Crippen LogP contribution in [0.1, 0.15) is 131 Å². The Bertz CT molecular complexity index is 3320. The second-order valence-corrected chi connectivity index (χ2v) is 33.4. The van der Waals surface area contributed by atoms with Crippen molar-refractivity contribution in [2.45, 2.75) is 254 Å². The van der Waals surface area contributed by atoms with Gasteiger partial charge in [0.1, 0.15) is 90.7 Å². The number of aliphatic hydroxyl groups is 13. The van der Waals surface area contributed by atoms with Crippen LogP contribution in [-0.2, 0) is 114 Å². The van der Waals surface area contributed by atoms with Crippen molar-refractivity contribution >= 4 is 66.5 Å². The van der Waals surface area contributed by atoms with Gasteiger partial charge in [-0.15, -0.1) is 0 Å². The molecule has 0 bridgehead atoms. The summed E-state index contributed by atoms with van der Waals surface area (Å²) in [7, 11) is -4.97. The molecule has 716 valence electrons. The number of likely N-dealkylation sites (tertiary alicyclic amines) is 1. The minimum Gasteiger partial charge on any atom is -0.396 e. The molecule has 124 heavy (non-hydrogen) atoms. The number of phosphoric acid groups is 1. The highest BCUT2D eigenvalue weighted by Gasteiger charge is 2.54. The van der Waals surface area contributed by atoms with E-state index in [0.717, 1.165) is 6.92 Å². The summed E-state index contributed by atoms with van der Waals surface area (Å²) in [6.07, 6.45) is -24.5. The zero-order chi connectivity index (χ0) is 92.0. The van der Waals surface area contributed by atoms with Gasteiger partial charge in [-0.05, 0) is 38.5 Å². The molecule has 5 aliphatic rings. The topological polar surface area (TPSA) is 687 Å². The van der Waals surface area contributed by atoms with E-state index < -0.39 is 271 Å². The first-order chi connectivity index (χ1) is 58.8. The van der Waals surface area contributed by atoms with Crippen molar-refractivity contribution in [2.24, 2.45) is 28.6 Å². The highest BCUT2D eigenvalue weighted by molar-refractivity contribution is 7.46. The van der Waals surface area contributed by atoms with E-state index in [-0.39, 0.29) is 182 Å². The van der Waals surface area contributed by atoms with Crippen molar-refractivity contribution in [3.8, 4) is 0 Å². The number of hydrogen-bond donors (Lipinski definition) is 21. The molecule has 47 heteroatoms. The first-order valence-corrected chi connectivity index (χ1v) is 43.4. The standard InChI is InChI=1S/C77H134N7O39P/c1-43-62(98)64(100)53(35-85)120-72(43)115-30-26-111-22-8-11-48(92)15-16-51(71(107)79-21-25-114-28-31-116-73-44(2)63(99)65(101)54(36-86)121-73)83-70(106)47(34-49(93)10-7-13-59(97)84-39-76(5,41-89)77(6,40-84)42-119-124(108,109)110)14-18-58(96)82-50(52(94)12-9-23-112-27-32-117-74-60(80-45(3)90)68(104)66(102)55(37-87)122-74)17-19-57(95)78-20-24-113-29-33-118-75-61(81-46(4)91)69(105)67(103)56(38-88)123-75/h43-44,47,50-51,53-56,60-69,72-75,85-89,98-105H,7-42H2,1-6H3,(H,78,95)(H,79,107)(H,80,90)(H,81,91)(H,82,96)(H,83,106)(H2,108,109,110)/t43-,44-,47-,50+,51+,53-,54-,55-,56-,60-,61-,62-,63-,64+,65+,66+,67+,68-,69-,72?,73?,74?,75?,76-,77+/m1/s1. The minimum atomic E-state index is -4.97. The Morgan fingerprint density at radius 2 is 0.863 bits per heavy atom. The summed E-state index contributed by atoms with van der Waals surface area (Å²) < 4.78 is 84.2. The Hall–Kier alpha value is -5.59. The Morgan fingerprint density at radius 3 is 1.33 bits per heavy atom. The smallest absolute Gasteiger partial charge is 0.396 e. The number of ether oxygens (including phenoxy) is 12. The van der Waals surface area contributed by atoms with Gasteiger partial charge >= 0.3 is 7.82 Å². The van der Waals surface area contributed by atoms with Gasteiger partial charge in [0.2, 0.25) is 41.4 Å². The van der Waals surface area contributed by atoms with E-state index in [1.807, 2.05) is 0 Å². The number of carbonyl (C=O) groups is 10. The predicted octanol–water partition coefficient (Wildman–Crippen LogP) is -7.90. The van der Waals surface area contributed by atoms with Crippen LogP contribution in [0.5, 0.6) is 0 Å². The number of rotatable bonds is 60. The lowest BCUT2D eigenvalue weighted by Gasteiger charge is -2.42. The first-order valence-electron chi connectivity index (χ1n) is 41.9. The Balaban J connectivity index is 1.31. The van der Waals surface area contributed by atoms with Crippen LogP contribution < -0.4 is 31.9 Å².